The number of amides is 3. The Morgan fingerprint density at radius 1 is 0.745 bits per heavy atom. The number of benzene rings is 2. The first-order valence-electron chi connectivity index (χ1n) is 16.4. The number of nitrogens with one attached hydrogen (secondary N) is 3. The van der Waals surface area contributed by atoms with Crippen LogP contribution in [0.15, 0.2) is 85.1 Å². The molecule has 0 aliphatic rings. The molecule has 0 radical (unpaired) electrons. The van der Waals surface area contributed by atoms with Crippen LogP contribution in [-0.4, -0.2) is 63.3 Å². The third-order valence-corrected chi connectivity index (χ3v) is 8.24. The van der Waals surface area contributed by atoms with Crippen LogP contribution in [0.25, 0.3) is 0 Å². The molecule has 0 saturated heterocycles. The monoisotopic (exact) mass is 641 g/mol. The lowest BCUT2D eigenvalue weighted by Gasteiger charge is -2.33. The lowest BCUT2D eigenvalue weighted by atomic mass is 9.90. The fraction of sp³-hybridized carbons (Fsp3) is 0.432. The minimum atomic E-state index is -1.60. The summed E-state index contributed by atoms with van der Waals surface area (Å²) in [7, 11) is 0. The summed E-state index contributed by atoms with van der Waals surface area (Å²) in [6, 6.07) is 21.4. The molecule has 47 heavy (non-hydrogen) atoms. The number of nitriles is 1. The van der Waals surface area contributed by atoms with Crippen molar-refractivity contribution in [2.24, 2.45) is 5.92 Å². The van der Waals surface area contributed by atoms with Gasteiger partial charge in [0.05, 0.1) is 24.6 Å². The molecule has 5 N–H and O–H groups in total. The normalized spacial score (nSPS) is 14.2. The number of aliphatic hydroxyl groups excluding tert-OH is 2. The highest BCUT2D eigenvalue weighted by atomic mass is 16.3. The van der Waals surface area contributed by atoms with Crippen LogP contribution in [0, 0.1) is 17.2 Å². The second-order valence-corrected chi connectivity index (χ2v) is 11.9. The first kappa shape index (κ1) is 36.9. The third kappa shape index (κ3) is 11.9. The van der Waals surface area contributed by atoms with E-state index in [4.69, 9.17) is 0 Å². The van der Waals surface area contributed by atoms with Crippen molar-refractivity contribution >= 4 is 17.7 Å². The van der Waals surface area contributed by atoms with Gasteiger partial charge in [-0.25, -0.2) is 0 Å². The summed E-state index contributed by atoms with van der Waals surface area (Å²) < 4.78 is 0. The van der Waals surface area contributed by atoms with Crippen molar-refractivity contribution in [1.82, 2.24) is 20.9 Å². The van der Waals surface area contributed by atoms with Crippen molar-refractivity contribution in [2.45, 2.75) is 95.5 Å². The molecule has 250 valence electrons. The summed E-state index contributed by atoms with van der Waals surface area (Å²) in [4.78, 5) is 44.1. The van der Waals surface area contributed by atoms with Gasteiger partial charge in [-0.05, 0) is 55.0 Å². The van der Waals surface area contributed by atoms with E-state index >= 15 is 0 Å². The number of rotatable bonds is 19. The summed E-state index contributed by atoms with van der Waals surface area (Å²) in [5, 5.41) is 40.8. The molecule has 3 amide bonds. The number of carbonyl (C=O) groups is 3. The molecule has 0 bridgehead atoms. The highest BCUT2D eigenvalue weighted by Crippen LogP contribution is 2.21. The number of carbonyl (C=O) groups excluding carboxylic acids is 3. The average molecular weight is 642 g/mol. The SMILES string of the molecule is CCCC(CCC)CC[C@@H](NC(=O)c1ccccn1)C(=O)N[C@@H](Cc1ccccc1)[C@@H](O)[C@H](O)[C@@H](CC#N)NC(=O)c1ccccc1. The Morgan fingerprint density at radius 3 is 1.96 bits per heavy atom. The zero-order chi connectivity index (χ0) is 34.0. The number of hydrogen-bond donors (Lipinski definition) is 5. The molecular weight excluding hydrogens is 594 g/mol. The van der Waals surface area contributed by atoms with Gasteiger partial charge in [-0.15, -0.1) is 0 Å². The van der Waals surface area contributed by atoms with Gasteiger partial charge < -0.3 is 26.2 Å². The number of pyridine rings is 1. The molecule has 0 aliphatic carbocycles. The maximum atomic E-state index is 14.0. The predicted molar refractivity (Wildman–Crippen MR) is 180 cm³/mol. The summed E-state index contributed by atoms with van der Waals surface area (Å²) >= 11 is 0. The topological polar surface area (TPSA) is 164 Å². The van der Waals surface area contributed by atoms with E-state index in [2.05, 4.69) is 34.8 Å². The van der Waals surface area contributed by atoms with Crippen LogP contribution in [-0.2, 0) is 11.2 Å². The van der Waals surface area contributed by atoms with E-state index in [0.717, 1.165) is 31.2 Å². The van der Waals surface area contributed by atoms with Crippen LogP contribution >= 0.6 is 0 Å². The molecule has 5 atom stereocenters. The van der Waals surface area contributed by atoms with Gasteiger partial charge in [0.2, 0.25) is 5.91 Å². The molecule has 0 unspecified atom stereocenters. The maximum Gasteiger partial charge on any atom is 0.270 e. The lowest BCUT2D eigenvalue weighted by molar-refractivity contribution is -0.125. The van der Waals surface area contributed by atoms with E-state index in [1.54, 1.807) is 48.5 Å². The van der Waals surface area contributed by atoms with Crippen LogP contribution in [0.1, 0.15) is 85.2 Å². The molecule has 3 rings (SSSR count). The van der Waals surface area contributed by atoms with Gasteiger partial charge in [0.25, 0.3) is 11.8 Å². The van der Waals surface area contributed by atoms with Crippen LogP contribution in [0.3, 0.4) is 0 Å². The number of hydrogen-bond acceptors (Lipinski definition) is 7. The molecule has 0 saturated carbocycles. The predicted octanol–water partition coefficient (Wildman–Crippen LogP) is 4.34. The highest BCUT2D eigenvalue weighted by molar-refractivity contribution is 5.96. The Labute approximate surface area is 277 Å². The fourth-order valence-corrected chi connectivity index (χ4v) is 5.73. The van der Waals surface area contributed by atoms with E-state index in [9.17, 15) is 29.9 Å². The first-order chi connectivity index (χ1) is 22.8. The van der Waals surface area contributed by atoms with Crippen molar-refractivity contribution in [3.63, 3.8) is 0 Å². The van der Waals surface area contributed by atoms with Crippen molar-refractivity contribution in [3.05, 3.63) is 102 Å². The Bertz CT molecular complexity index is 1410. The van der Waals surface area contributed by atoms with E-state index in [1.807, 2.05) is 36.4 Å². The van der Waals surface area contributed by atoms with Crippen LogP contribution < -0.4 is 16.0 Å². The van der Waals surface area contributed by atoms with Gasteiger partial charge in [-0.1, -0.05) is 94.1 Å². The highest BCUT2D eigenvalue weighted by Gasteiger charge is 2.36. The van der Waals surface area contributed by atoms with Crippen molar-refractivity contribution < 1.29 is 24.6 Å². The zero-order valence-electron chi connectivity index (χ0n) is 27.2. The van der Waals surface area contributed by atoms with Crippen LogP contribution in [0.5, 0.6) is 0 Å². The second kappa shape index (κ2) is 19.8. The molecular formula is C37H47N5O5. The van der Waals surface area contributed by atoms with Gasteiger partial charge in [-0.3, -0.25) is 19.4 Å². The summed E-state index contributed by atoms with van der Waals surface area (Å²) in [6.45, 7) is 4.25. The van der Waals surface area contributed by atoms with Crippen molar-refractivity contribution in [2.75, 3.05) is 0 Å². The molecule has 1 aromatic heterocycles. The molecule has 3 aromatic rings. The van der Waals surface area contributed by atoms with Crippen molar-refractivity contribution in [3.8, 4) is 6.07 Å². The van der Waals surface area contributed by atoms with E-state index in [-0.39, 0.29) is 18.5 Å². The van der Waals surface area contributed by atoms with Gasteiger partial charge in [-0.2, -0.15) is 5.26 Å². The maximum absolute atomic E-state index is 14.0. The molecule has 2 aromatic carbocycles. The number of nitrogens with zero attached hydrogens (tertiary/aromatic N) is 2. The standard InChI is InChI=1S/C37H47N5O5/c1-3-13-26(14-4-2)20-21-31(41-36(46)30-19-11-12-24-39-30)37(47)42-32(25-27-15-7-5-8-16-27)34(44)33(43)29(22-23-38)40-35(45)28-17-9-6-10-18-28/h5-12,15-19,24,26,29,31-34,43-44H,3-4,13-14,20-22,25H2,1-2H3,(H,40,45)(H,41,46)(H,42,47)/t29-,31-,32+,33-,34-/m1/s1. The second-order valence-electron chi connectivity index (χ2n) is 11.9. The van der Waals surface area contributed by atoms with Gasteiger partial charge in [0.15, 0.2) is 0 Å². The van der Waals surface area contributed by atoms with Gasteiger partial charge in [0.1, 0.15) is 23.9 Å². The number of aromatic nitrogens is 1. The van der Waals surface area contributed by atoms with Gasteiger partial charge >= 0.3 is 0 Å². The van der Waals surface area contributed by atoms with Crippen LogP contribution in [0.4, 0.5) is 0 Å². The van der Waals surface area contributed by atoms with Gasteiger partial charge in [0, 0.05) is 11.8 Å². The minimum Gasteiger partial charge on any atom is -0.388 e. The Kier molecular flexibility index (Phi) is 15.5. The smallest absolute Gasteiger partial charge is 0.270 e. The Hall–Kier alpha value is -4.59. The molecule has 10 heteroatoms. The van der Waals surface area contributed by atoms with Crippen LogP contribution in [0.2, 0.25) is 0 Å². The fourth-order valence-electron chi connectivity index (χ4n) is 5.73. The Balaban J connectivity index is 1.86. The van der Waals surface area contributed by atoms with E-state index in [1.165, 1.54) is 6.20 Å². The summed E-state index contributed by atoms with van der Waals surface area (Å²) in [6.07, 6.45) is 3.32. The van der Waals surface area contributed by atoms with Crippen molar-refractivity contribution in [1.29, 1.82) is 5.26 Å². The quantitative estimate of drug-likeness (QED) is 0.130. The Morgan fingerprint density at radius 2 is 1.36 bits per heavy atom. The zero-order valence-corrected chi connectivity index (χ0v) is 27.2. The minimum absolute atomic E-state index is 0.145. The summed E-state index contributed by atoms with van der Waals surface area (Å²) in [5.41, 5.74) is 1.30. The lowest BCUT2D eigenvalue weighted by Crippen LogP contribution is -2.59. The first-order valence-corrected chi connectivity index (χ1v) is 16.4. The molecule has 0 spiro atoms. The third-order valence-electron chi connectivity index (χ3n) is 8.24. The summed E-state index contributed by atoms with van der Waals surface area (Å²) in [5.74, 6) is -1.13. The molecule has 0 fully saturated rings. The number of aliphatic hydroxyl groups is 2. The molecule has 1 heterocycles. The average Bonchev–Trinajstić information content (AvgIpc) is 3.10. The molecule has 10 nitrogen and oxygen atoms in total. The van der Waals surface area contributed by atoms with E-state index < -0.39 is 48.1 Å². The molecule has 0 aliphatic heterocycles. The largest absolute Gasteiger partial charge is 0.388 e. The van der Waals surface area contributed by atoms with E-state index in [0.29, 0.717) is 24.3 Å².